The highest BCUT2D eigenvalue weighted by molar-refractivity contribution is 5.90. The third-order valence-corrected chi connectivity index (χ3v) is 10.3. The summed E-state index contributed by atoms with van der Waals surface area (Å²) in [6.07, 6.45) is 14.2. The lowest BCUT2D eigenvalue weighted by Crippen LogP contribution is -2.60. The van der Waals surface area contributed by atoms with E-state index >= 15 is 0 Å². The first-order chi connectivity index (χ1) is 15.0. The lowest BCUT2D eigenvalue weighted by Gasteiger charge is -2.55. The van der Waals surface area contributed by atoms with Gasteiger partial charge in [0.2, 0.25) is 0 Å². The van der Waals surface area contributed by atoms with E-state index in [1.807, 2.05) is 0 Å². The molecule has 1 nitrogen and oxygen atoms in total. The SMILES string of the molecule is CC1(C)C2=CC3c4ccccc4C2(C=[N+]1C12CC4CC(CC(C4)C1)C2)c1ccccc13. The zero-order valence-corrected chi connectivity index (χ0v) is 18.8. The van der Waals surface area contributed by atoms with Crippen molar-refractivity contribution in [3.8, 4) is 0 Å². The van der Waals surface area contributed by atoms with E-state index in [9.17, 15) is 0 Å². The van der Waals surface area contributed by atoms with Gasteiger partial charge in [-0.05, 0) is 59.3 Å². The van der Waals surface area contributed by atoms with Crippen molar-refractivity contribution in [1.29, 1.82) is 0 Å². The molecule has 8 aliphatic rings. The summed E-state index contributed by atoms with van der Waals surface area (Å²) in [4.78, 5) is 0. The topological polar surface area (TPSA) is 3.01 Å². The van der Waals surface area contributed by atoms with Crippen LogP contribution in [0.25, 0.3) is 0 Å². The molecule has 1 heterocycles. The Hall–Kier alpha value is -2.15. The Morgan fingerprint density at radius 2 is 1.26 bits per heavy atom. The third kappa shape index (κ3) is 1.87. The van der Waals surface area contributed by atoms with Gasteiger partial charge in [0.05, 0.1) is 0 Å². The van der Waals surface area contributed by atoms with Crippen molar-refractivity contribution in [3.63, 3.8) is 0 Å². The van der Waals surface area contributed by atoms with E-state index in [1.54, 1.807) is 16.7 Å². The minimum atomic E-state index is -0.0746. The number of rotatable bonds is 1. The molecule has 0 unspecified atom stereocenters. The van der Waals surface area contributed by atoms with Crippen LogP contribution in [0.4, 0.5) is 0 Å². The predicted molar refractivity (Wildman–Crippen MR) is 125 cm³/mol. The molecule has 4 fully saturated rings. The molecule has 0 radical (unpaired) electrons. The molecule has 2 aromatic rings. The first-order valence-corrected chi connectivity index (χ1v) is 12.6. The van der Waals surface area contributed by atoms with Gasteiger partial charge in [0.1, 0.15) is 5.41 Å². The van der Waals surface area contributed by atoms with E-state index in [0.29, 0.717) is 11.5 Å². The molecule has 0 N–H and O–H groups in total. The highest BCUT2D eigenvalue weighted by Crippen LogP contribution is 2.64. The van der Waals surface area contributed by atoms with Crippen molar-refractivity contribution in [2.45, 2.75) is 74.8 Å². The van der Waals surface area contributed by atoms with Gasteiger partial charge in [0, 0.05) is 44.6 Å². The Labute approximate surface area is 185 Å². The molecule has 10 rings (SSSR count). The zero-order valence-electron chi connectivity index (χ0n) is 18.8. The molecule has 0 aromatic heterocycles. The van der Waals surface area contributed by atoms with Gasteiger partial charge >= 0.3 is 0 Å². The van der Waals surface area contributed by atoms with E-state index in [0.717, 1.165) is 17.8 Å². The highest BCUT2D eigenvalue weighted by atomic mass is 15.2. The number of nitrogens with zero attached hydrogens (tertiary/aromatic N) is 1. The molecule has 1 aliphatic heterocycles. The fraction of sp³-hybridized carbons (Fsp3) is 0.500. The van der Waals surface area contributed by atoms with Crippen LogP contribution in [0, 0.1) is 17.8 Å². The Balaban J connectivity index is 1.43. The average molecular weight is 407 g/mol. The quantitative estimate of drug-likeness (QED) is 0.392. The molecule has 156 valence electrons. The van der Waals surface area contributed by atoms with Gasteiger partial charge in [-0.15, -0.1) is 0 Å². The average Bonchev–Trinajstić information content (AvgIpc) is 3.02. The van der Waals surface area contributed by atoms with Gasteiger partial charge < -0.3 is 0 Å². The minimum Gasteiger partial charge on any atom is -0.224 e. The second-order valence-electron chi connectivity index (χ2n) is 12.2. The molecule has 31 heavy (non-hydrogen) atoms. The highest BCUT2D eigenvalue weighted by Gasteiger charge is 2.68. The normalized spacial score (nSPS) is 42.0. The van der Waals surface area contributed by atoms with Crippen LogP contribution in [0.1, 0.15) is 80.5 Å². The second-order valence-corrected chi connectivity index (χ2v) is 12.2. The summed E-state index contributed by atoms with van der Waals surface area (Å²) in [5, 5.41) is 0. The standard InChI is InChI=1S/C30H32N/c1-28(2)27-14-24-22-7-3-5-9-25(22)30(27,26-10-6-4-8-23(24)26)18-31(28)29-15-19-11-20(16-29)13-21(12-19)17-29/h3-10,14,18-21,24H,11-13,15-17H2,1-2H3/q+1. The number of benzene rings is 2. The van der Waals surface area contributed by atoms with E-state index < -0.39 is 0 Å². The van der Waals surface area contributed by atoms with Crippen LogP contribution in [-0.2, 0) is 5.41 Å². The number of allylic oxidation sites excluding steroid dienone is 1. The first kappa shape index (κ1) is 17.4. The van der Waals surface area contributed by atoms with E-state index in [1.165, 1.54) is 49.7 Å². The van der Waals surface area contributed by atoms with E-state index in [-0.39, 0.29) is 11.0 Å². The molecule has 2 aromatic carbocycles. The van der Waals surface area contributed by atoms with E-state index in [4.69, 9.17) is 0 Å². The Morgan fingerprint density at radius 3 is 1.81 bits per heavy atom. The summed E-state index contributed by atoms with van der Waals surface area (Å²) >= 11 is 0. The molecule has 7 aliphatic carbocycles. The lowest BCUT2D eigenvalue weighted by molar-refractivity contribution is -0.667. The maximum absolute atomic E-state index is 2.94. The third-order valence-electron chi connectivity index (χ3n) is 10.3. The fourth-order valence-corrected chi connectivity index (χ4v) is 9.80. The van der Waals surface area contributed by atoms with Gasteiger partial charge in [-0.1, -0.05) is 54.6 Å². The second kappa shape index (κ2) is 5.25. The molecule has 6 bridgehead atoms. The zero-order chi connectivity index (χ0) is 20.6. The van der Waals surface area contributed by atoms with Gasteiger partial charge in [-0.2, -0.15) is 0 Å². The van der Waals surface area contributed by atoms with Crippen LogP contribution in [-0.4, -0.2) is 21.9 Å². The van der Waals surface area contributed by atoms with Crippen LogP contribution in [0.2, 0.25) is 0 Å². The monoisotopic (exact) mass is 406 g/mol. The first-order valence-electron chi connectivity index (χ1n) is 12.6. The summed E-state index contributed by atoms with van der Waals surface area (Å²) in [6.45, 7) is 5.07. The molecular weight excluding hydrogens is 374 g/mol. The fourth-order valence-electron chi connectivity index (χ4n) is 9.80. The molecule has 0 saturated heterocycles. The Morgan fingerprint density at radius 1 is 0.742 bits per heavy atom. The van der Waals surface area contributed by atoms with Crippen molar-refractivity contribution in [3.05, 3.63) is 82.4 Å². The van der Waals surface area contributed by atoms with E-state index in [2.05, 4.69) is 79.2 Å². The maximum Gasteiger partial charge on any atom is 0.180 e. The van der Waals surface area contributed by atoms with Gasteiger partial charge in [0.25, 0.3) is 0 Å². The van der Waals surface area contributed by atoms with Crippen molar-refractivity contribution in [2.75, 3.05) is 0 Å². The molecule has 1 heteroatoms. The Kier molecular flexibility index (Phi) is 2.95. The summed E-state index contributed by atoms with van der Waals surface area (Å²) < 4.78 is 2.94. The summed E-state index contributed by atoms with van der Waals surface area (Å²) in [7, 11) is 0. The van der Waals surface area contributed by atoms with Gasteiger partial charge in [0.15, 0.2) is 17.3 Å². The molecular formula is C30H32N+. The van der Waals surface area contributed by atoms with Gasteiger partial charge in [-0.3, -0.25) is 0 Å². The minimum absolute atomic E-state index is 0.0744. The summed E-state index contributed by atoms with van der Waals surface area (Å²) in [5.74, 6) is 3.33. The smallest absolute Gasteiger partial charge is 0.180 e. The summed E-state index contributed by atoms with van der Waals surface area (Å²) in [6, 6.07) is 18.7. The largest absolute Gasteiger partial charge is 0.224 e. The van der Waals surface area contributed by atoms with Crippen molar-refractivity contribution < 1.29 is 4.58 Å². The molecule has 0 amide bonds. The molecule has 4 saturated carbocycles. The van der Waals surface area contributed by atoms with Crippen LogP contribution < -0.4 is 0 Å². The van der Waals surface area contributed by atoms with Crippen molar-refractivity contribution >= 4 is 6.21 Å². The van der Waals surface area contributed by atoms with Crippen molar-refractivity contribution in [2.24, 2.45) is 17.8 Å². The van der Waals surface area contributed by atoms with Crippen LogP contribution in [0.3, 0.4) is 0 Å². The molecule has 1 spiro atoms. The predicted octanol–water partition coefficient (Wildman–Crippen LogP) is 6.20. The van der Waals surface area contributed by atoms with Crippen LogP contribution >= 0.6 is 0 Å². The maximum atomic E-state index is 2.94. The van der Waals surface area contributed by atoms with Crippen LogP contribution in [0.5, 0.6) is 0 Å². The summed E-state index contributed by atoms with van der Waals surface area (Å²) in [5.41, 5.74) is 8.20. The number of hydrogen-bond acceptors (Lipinski definition) is 0. The lowest BCUT2D eigenvalue weighted by atomic mass is 9.52. The Bertz CT molecular complexity index is 1130. The van der Waals surface area contributed by atoms with Gasteiger partial charge in [-0.25, -0.2) is 4.58 Å². The number of hydrogen-bond donors (Lipinski definition) is 0. The molecule has 0 atom stereocenters. The van der Waals surface area contributed by atoms with Crippen molar-refractivity contribution in [1.82, 2.24) is 0 Å². The van der Waals surface area contributed by atoms with Crippen LogP contribution in [0.15, 0.2) is 60.2 Å².